The Labute approximate surface area is 117 Å². The lowest BCUT2D eigenvalue weighted by Gasteiger charge is -2.18. The van der Waals surface area contributed by atoms with E-state index in [1.807, 2.05) is 0 Å². The van der Waals surface area contributed by atoms with E-state index >= 15 is 0 Å². The molecule has 2 fully saturated rings. The van der Waals surface area contributed by atoms with Crippen LogP contribution in [0.25, 0.3) is 0 Å². The van der Waals surface area contributed by atoms with E-state index < -0.39 is 0 Å². The van der Waals surface area contributed by atoms with Crippen LogP contribution in [0.4, 0.5) is 0 Å². The minimum atomic E-state index is 0.119. The van der Waals surface area contributed by atoms with Crippen LogP contribution >= 0.6 is 0 Å². The van der Waals surface area contributed by atoms with E-state index in [2.05, 4.69) is 30.3 Å². The number of hydrogen-bond acceptors (Lipinski definition) is 1. The van der Waals surface area contributed by atoms with Gasteiger partial charge in [-0.15, -0.1) is 0 Å². The quantitative estimate of drug-likeness (QED) is 0.782. The molecule has 0 radical (unpaired) electrons. The van der Waals surface area contributed by atoms with Gasteiger partial charge in [-0.3, -0.25) is 0 Å². The fourth-order valence-corrected chi connectivity index (χ4v) is 3.86. The lowest BCUT2D eigenvalue weighted by atomic mass is 9.91. The fraction of sp³-hybridized carbons (Fsp3) is 0.667. The van der Waals surface area contributed by atoms with Crippen molar-refractivity contribution in [3.05, 3.63) is 35.9 Å². The van der Waals surface area contributed by atoms with Crippen LogP contribution in [0.1, 0.15) is 69.3 Å². The molecule has 2 saturated carbocycles. The molecular formula is C18H27N. The third kappa shape index (κ3) is 3.20. The Bertz CT molecular complexity index is 391. The van der Waals surface area contributed by atoms with E-state index in [-0.39, 0.29) is 5.54 Å². The van der Waals surface area contributed by atoms with Crippen molar-refractivity contribution in [1.29, 1.82) is 0 Å². The fourth-order valence-electron chi connectivity index (χ4n) is 3.86. The molecule has 104 valence electrons. The summed E-state index contributed by atoms with van der Waals surface area (Å²) in [5, 5.41) is 0. The molecule has 2 aliphatic carbocycles. The summed E-state index contributed by atoms with van der Waals surface area (Å²) in [6.07, 6.45) is 12.5. The molecule has 2 N–H and O–H groups in total. The van der Waals surface area contributed by atoms with Crippen LogP contribution in [-0.2, 0) is 0 Å². The zero-order valence-electron chi connectivity index (χ0n) is 12.0. The lowest BCUT2D eigenvalue weighted by Crippen LogP contribution is -2.25. The number of benzene rings is 1. The summed E-state index contributed by atoms with van der Waals surface area (Å²) in [7, 11) is 0. The predicted octanol–water partition coefficient (Wildman–Crippen LogP) is 4.62. The summed E-state index contributed by atoms with van der Waals surface area (Å²) < 4.78 is 0. The van der Waals surface area contributed by atoms with E-state index in [1.54, 1.807) is 0 Å². The van der Waals surface area contributed by atoms with Crippen molar-refractivity contribution in [3.63, 3.8) is 0 Å². The first-order valence-electron chi connectivity index (χ1n) is 8.12. The molecule has 2 unspecified atom stereocenters. The molecule has 0 spiro atoms. The van der Waals surface area contributed by atoms with Gasteiger partial charge in [-0.2, -0.15) is 0 Å². The molecule has 1 aromatic carbocycles. The Hall–Kier alpha value is -0.820. The van der Waals surface area contributed by atoms with Gasteiger partial charge in [-0.25, -0.2) is 0 Å². The summed E-state index contributed by atoms with van der Waals surface area (Å²) >= 11 is 0. The molecule has 0 amide bonds. The average molecular weight is 257 g/mol. The Morgan fingerprint density at radius 2 is 1.68 bits per heavy atom. The minimum Gasteiger partial charge on any atom is -0.325 e. The average Bonchev–Trinajstić information content (AvgIpc) is 3.17. The molecule has 19 heavy (non-hydrogen) atoms. The second-order valence-corrected chi connectivity index (χ2v) is 6.80. The molecule has 3 rings (SSSR count). The summed E-state index contributed by atoms with van der Waals surface area (Å²) in [5.74, 6) is 1.58. The van der Waals surface area contributed by atoms with Gasteiger partial charge < -0.3 is 5.73 Å². The highest BCUT2D eigenvalue weighted by Gasteiger charge is 2.50. The van der Waals surface area contributed by atoms with E-state index in [0.29, 0.717) is 5.92 Å². The van der Waals surface area contributed by atoms with Gasteiger partial charge in [-0.05, 0) is 30.7 Å². The Morgan fingerprint density at radius 1 is 1.00 bits per heavy atom. The number of hydrogen-bond donors (Lipinski definition) is 1. The van der Waals surface area contributed by atoms with Crippen molar-refractivity contribution in [2.75, 3.05) is 0 Å². The van der Waals surface area contributed by atoms with Crippen LogP contribution in [0, 0.1) is 5.92 Å². The van der Waals surface area contributed by atoms with Crippen molar-refractivity contribution in [1.82, 2.24) is 0 Å². The summed E-state index contributed by atoms with van der Waals surface area (Å²) in [6.45, 7) is 0. The van der Waals surface area contributed by atoms with Crippen molar-refractivity contribution in [3.8, 4) is 0 Å². The second-order valence-electron chi connectivity index (χ2n) is 6.80. The first-order chi connectivity index (χ1) is 9.28. The predicted molar refractivity (Wildman–Crippen MR) is 81.1 cm³/mol. The Morgan fingerprint density at radius 3 is 2.37 bits per heavy atom. The van der Waals surface area contributed by atoms with Crippen molar-refractivity contribution in [2.45, 2.75) is 69.2 Å². The Balaban J connectivity index is 1.51. The van der Waals surface area contributed by atoms with Crippen molar-refractivity contribution in [2.24, 2.45) is 11.7 Å². The molecule has 0 saturated heterocycles. The van der Waals surface area contributed by atoms with Gasteiger partial charge in [0.05, 0.1) is 0 Å². The minimum absolute atomic E-state index is 0.119. The molecule has 2 atom stereocenters. The zero-order valence-corrected chi connectivity index (χ0v) is 12.0. The summed E-state index contributed by atoms with van der Waals surface area (Å²) in [4.78, 5) is 0. The first-order valence-corrected chi connectivity index (χ1v) is 8.12. The highest BCUT2D eigenvalue weighted by atomic mass is 14.9. The highest BCUT2D eigenvalue weighted by molar-refractivity contribution is 5.32. The van der Waals surface area contributed by atoms with Crippen LogP contribution in [0.2, 0.25) is 0 Å². The largest absolute Gasteiger partial charge is 0.325 e. The second kappa shape index (κ2) is 5.66. The summed E-state index contributed by atoms with van der Waals surface area (Å²) in [5.41, 5.74) is 8.15. The van der Waals surface area contributed by atoms with E-state index in [0.717, 1.165) is 5.92 Å². The SMILES string of the molecule is NC1(CCC2CCCCCC2)CC1c1ccccc1. The molecule has 1 heteroatoms. The standard InChI is InChI=1S/C18H27N/c19-18(13-12-15-8-4-1-2-5-9-15)14-17(18)16-10-6-3-7-11-16/h3,6-7,10-11,15,17H,1-2,4-5,8-9,12-14,19H2. The molecule has 0 heterocycles. The van der Waals surface area contributed by atoms with E-state index in [9.17, 15) is 0 Å². The monoisotopic (exact) mass is 257 g/mol. The maximum absolute atomic E-state index is 6.58. The number of nitrogens with two attached hydrogens (primary N) is 1. The van der Waals surface area contributed by atoms with Gasteiger partial charge in [0.15, 0.2) is 0 Å². The first kappa shape index (κ1) is 13.2. The molecule has 1 aromatic rings. The molecule has 0 aromatic heterocycles. The van der Waals surface area contributed by atoms with Crippen molar-refractivity contribution >= 4 is 0 Å². The maximum Gasteiger partial charge on any atom is 0.0231 e. The third-order valence-electron chi connectivity index (χ3n) is 5.31. The van der Waals surface area contributed by atoms with E-state index in [4.69, 9.17) is 5.73 Å². The van der Waals surface area contributed by atoms with E-state index in [1.165, 1.54) is 63.4 Å². The summed E-state index contributed by atoms with van der Waals surface area (Å²) in [6, 6.07) is 10.9. The molecule has 0 bridgehead atoms. The molecular weight excluding hydrogens is 230 g/mol. The maximum atomic E-state index is 6.58. The van der Waals surface area contributed by atoms with Crippen LogP contribution in [0.3, 0.4) is 0 Å². The van der Waals surface area contributed by atoms with Gasteiger partial charge in [-0.1, -0.05) is 68.9 Å². The van der Waals surface area contributed by atoms with Gasteiger partial charge in [0.25, 0.3) is 0 Å². The highest BCUT2D eigenvalue weighted by Crippen LogP contribution is 2.52. The van der Waals surface area contributed by atoms with Crippen LogP contribution in [0.15, 0.2) is 30.3 Å². The smallest absolute Gasteiger partial charge is 0.0231 e. The van der Waals surface area contributed by atoms with Crippen LogP contribution in [0.5, 0.6) is 0 Å². The Kier molecular flexibility index (Phi) is 3.93. The van der Waals surface area contributed by atoms with Crippen LogP contribution in [-0.4, -0.2) is 5.54 Å². The third-order valence-corrected chi connectivity index (χ3v) is 5.31. The molecule has 2 aliphatic rings. The van der Waals surface area contributed by atoms with Gasteiger partial charge in [0.1, 0.15) is 0 Å². The van der Waals surface area contributed by atoms with Crippen molar-refractivity contribution < 1.29 is 0 Å². The van der Waals surface area contributed by atoms with Gasteiger partial charge >= 0.3 is 0 Å². The van der Waals surface area contributed by atoms with Crippen LogP contribution < -0.4 is 5.73 Å². The van der Waals surface area contributed by atoms with Gasteiger partial charge in [0.2, 0.25) is 0 Å². The number of rotatable bonds is 4. The van der Waals surface area contributed by atoms with Gasteiger partial charge in [0, 0.05) is 11.5 Å². The molecule has 1 nitrogen and oxygen atoms in total. The normalized spacial score (nSPS) is 31.9. The topological polar surface area (TPSA) is 26.0 Å². The lowest BCUT2D eigenvalue weighted by molar-refractivity contribution is 0.387. The molecule has 0 aliphatic heterocycles. The zero-order chi connectivity index (χ0) is 13.1.